The van der Waals surface area contributed by atoms with Crippen LogP contribution in [0.5, 0.6) is 11.5 Å². The van der Waals surface area contributed by atoms with E-state index in [9.17, 15) is 9.59 Å². The van der Waals surface area contributed by atoms with E-state index < -0.39 is 5.97 Å². The third kappa shape index (κ3) is 6.94. The van der Waals surface area contributed by atoms with Gasteiger partial charge in [-0.3, -0.25) is 4.79 Å². The lowest BCUT2D eigenvalue weighted by atomic mass is 10.1. The van der Waals surface area contributed by atoms with Crippen LogP contribution in [0, 0.1) is 6.92 Å². The third-order valence-corrected chi connectivity index (χ3v) is 4.04. The van der Waals surface area contributed by atoms with Gasteiger partial charge in [0, 0.05) is 5.56 Å². The minimum Gasteiger partial charge on any atom is -0.494 e. The fourth-order valence-corrected chi connectivity index (χ4v) is 2.49. The zero-order valence-corrected chi connectivity index (χ0v) is 16.3. The van der Waals surface area contributed by atoms with Gasteiger partial charge in [0.25, 0.3) is 0 Å². The number of Topliss-reactive ketones (excluding diaryl/α,β-unsaturated/α-hetero) is 1. The number of carbonyl (C=O) groups excluding carboxylic acids is 2. The van der Waals surface area contributed by atoms with Crippen molar-refractivity contribution in [2.24, 2.45) is 0 Å². The number of hydrogen-bond acceptors (Lipinski definition) is 5. The van der Waals surface area contributed by atoms with Crippen LogP contribution in [0.25, 0.3) is 0 Å². The van der Waals surface area contributed by atoms with Crippen LogP contribution in [-0.4, -0.2) is 31.6 Å². The molecule has 0 aliphatic carbocycles. The summed E-state index contributed by atoms with van der Waals surface area (Å²) in [6.07, 6.45) is 2.04. The van der Waals surface area contributed by atoms with Gasteiger partial charge >= 0.3 is 5.97 Å². The van der Waals surface area contributed by atoms with Gasteiger partial charge in [-0.05, 0) is 55.3 Å². The highest BCUT2D eigenvalue weighted by molar-refractivity contribution is 6.32. The predicted octanol–water partition coefficient (Wildman–Crippen LogP) is 4.63. The molecular formula is C21H23ClO5. The van der Waals surface area contributed by atoms with E-state index in [0.29, 0.717) is 28.7 Å². The number of ketones is 1. The highest BCUT2D eigenvalue weighted by Crippen LogP contribution is 2.25. The summed E-state index contributed by atoms with van der Waals surface area (Å²) in [6.45, 7) is 3.97. The van der Waals surface area contributed by atoms with E-state index in [1.807, 2.05) is 13.0 Å². The highest BCUT2D eigenvalue weighted by atomic mass is 35.5. The Kier molecular flexibility index (Phi) is 8.14. The van der Waals surface area contributed by atoms with Crippen LogP contribution in [0.2, 0.25) is 5.02 Å². The molecule has 2 aromatic carbocycles. The average Bonchev–Trinajstić information content (AvgIpc) is 2.66. The monoisotopic (exact) mass is 390 g/mol. The van der Waals surface area contributed by atoms with Gasteiger partial charge in [-0.25, -0.2) is 4.79 Å². The van der Waals surface area contributed by atoms with E-state index in [-0.39, 0.29) is 19.0 Å². The summed E-state index contributed by atoms with van der Waals surface area (Å²) in [7, 11) is 0. The Labute approximate surface area is 164 Å². The number of carbonyl (C=O) groups is 2. The lowest BCUT2D eigenvalue weighted by Gasteiger charge is -2.09. The van der Waals surface area contributed by atoms with E-state index in [1.54, 1.807) is 36.4 Å². The Hall–Kier alpha value is -2.53. The molecule has 144 valence electrons. The summed E-state index contributed by atoms with van der Waals surface area (Å²) in [5.74, 6) is 0.168. The van der Waals surface area contributed by atoms with Crippen LogP contribution in [0.4, 0.5) is 0 Å². The van der Waals surface area contributed by atoms with Crippen LogP contribution in [0.15, 0.2) is 42.5 Å². The first kappa shape index (κ1) is 20.8. The molecule has 0 bridgehead atoms. The first-order chi connectivity index (χ1) is 13.0. The number of esters is 1. The summed E-state index contributed by atoms with van der Waals surface area (Å²) in [6, 6.07) is 12.0. The topological polar surface area (TPSA) is 61.8 Å². The van der Waals surface area contributed by atoms with Crippen LogP contribution in [0.3, 0.4) is 0 Å². The van der Waals surface area contributed by atoms with Gasteiger partial charge < -0.3 is 14.2 Å². The first-order valence-electron chi connectivity index (χ1n) is 8.80. The number of halogens is 1. The lowest BCUT2D eigenvalue weighted by molar-refractivity contribution is -0.144. The molecule has 2 rings (SSSR count). The van der Waals surface area contributed by atoms with Gasteiger partial charge in [0.05, 0.1) is 11.6 Å². The van der Waals surface area contributed by atoms with Crippen LogP contribution in [-0.2, 0) is 9.53 Å². The summed E-state index contributed by atoms with van der Waals surface area (Å²) in [4.78, 5) is 23.9. The number of aryl methyl sites for hydroxylation is 1. The fraction of sp³-hybridized carbons (Fsp3) is 0.333. The van der Waals surface area contributed by atoms with Crippen molar-refractivity contribution in [3.63, 3.8) is 0 Å². The van der Waals surface area contributed by atoms with E-state index >= 15 is 0 Å². The van der Waals surface area contributed by atoms with Crippen molar-refractivity contribution in [3.05, 3.63) is 58.6 Å². The van der Waals surface area contributed by atoms with Crippen LogP contribution < -0.4 is 9.47 Å². The molecular weight excluding hydrogens is 368 g/mol. The summed E-state index contributed by atoms with van der Waals surface area (Å²) in [5, 5.41) is 0.417. The molecule has 0 heterocycles. The van der Waals surface area contributed by atoms with E-state index in [2.05, 4.69) is 6.92 Å². The zero-order chi connectivity index (χ0) is 19.6. The molecule has 0 aromatic heterocycles. The minimum absolute atomic E-state index is 0.295. The molecule has 2 aromatic rings. The van der Waals surface area contributed by atoms with Crippen LogP contribution >= 0.6 is 11.6 Å². The largest absolute Gasteiger partial charge is 0.494 e. The molecule has 0 spiro atoms. The molecule has 0 saturated carbocycles. The van der Waals surface area contributed by atoms with Gasteiger partial charge in [0.15, 0.2) is 19.0 Å². The van der Waals surface area contributed by atoms with Gasteiger partial charge in [-0.2, -0.15) is 0 Å². The highest BCUT2D eigenvalue weighted by Gasteiger charge is 2.12. The lowest BCUT2D eigenvalue weighted by Crippen LogP contribution is -2.19. The second kappa shape index (κ2) is 10.6. The fourth-order valence-electron chi connectivity index (χ4n) is 2.20. The Morgan fingerprint density at radius 3 is 2.41 bits per heavy atom. The van der Waals surface area contributed by atoms with Crippen molar-refractivity contribution >= 4 is 23.4 Å². The molecule has 0 fully saturated rings. The Bertz CT molecular complexity index is 771. The van der Waals surface area contributed by atoms with Crippen molar-refractivity contribution in [3.8, 4) is 11.5 Å². The normalized spacial score (nSPS) is 10.3. The zero-order valence-electron chi connectivity index (χ0n) is 15.5. The molecule has 0 radical (unpaired) electrons. The number of rotatable bonds is 10. The number of unbranched alkanes of at least 4 members (excludes halogenated alkanes) is 1. The molecule has 0 atom stereocenters. The Morgan fingerprint density at radius 1 is 1.00 bits per heavy atom. The molecule has 0 unspecified atom stereocenters. The van der Waals surface area contributed by atoms with Crippen molar-refractivity contribution in [2.75, 3.05) is 19.8 Å². The molecule has 0 amide bonds. The summed E-state index contributed by atoms with van der Waals surface area (Å²) in [5.41, 5.74) is 1.44. The third-order valence-electron chi connectivity index (χ3n) is 3.74. The van der Waals surface area contributed by atoms with Crippen molar-refractivity contribution in [2.45, 2.75) is 26.7 Å². The van der Waals surface area contributed by atoms with Crippen molar-refractivity contribution in [1.29, 1.82) is 0 Å². The quantitative estimate of drug-likeness (QED) is 0.336. The average molecular weight is 391 g/mol. The number of ether oxygens (including phenoxy) is 3. The SMILES string of the molecule is CCCCOc1ccc(C(=O)COC(=O)COc2ccc(C)cc2Cl)cc1. The van der Waals surface area contributed by atoms with Gasteiger partial charge in [-0.15, -0.1) is 0 Å². The summed E-state index contributed by atoms with van der Waals surface area (Å²) < 4.78 is 15.8. The molecule has 0 aliphatic heterocycles. The second-order valence-corrected chi connectivity index (χ2v) is 6.44. The molecule has 6 heteroatoms. The standard InChI is InChI=1S/C21H23ClO5/c1-3-4-11-25-17-8-6-16(7-9-17)19(23)13-27-21(24)14-26-20-10-5-15(2)12-18(20)22/h5-10,12H,3-4,11,13-14H2,1-2H3. The molecule has 5 nitrogen and oxygen atoms in total. The van der Waals surface area contributed by atoms with Crippen molar-refractivity contribution in [1.82, 2.24) is 0 Å². The van der Waals surface area contributed by atoms with Crippen LogP contribution in [0.1, 0.15) is 35.7 Å². The van der Waals surface area contributed by atoms with Gasteiger partial charge in [0.2, 0.25) is 0 Å². The maximum Gasteiger partial charge on any atom is 0.344 e. The molecule has 0 saturated heterocycles. The van der Waals surface area contributed by atoms with E-state index in [4.69, 9.17) is 25.8 Å². The first-order valence-corrected chi connectivity index (χ1v) is 9.18. The Morgan fingerprint density at radius 2 is 1.74 bits per heavy atom. The maximum atomic E-state index is 12.1. The Balaban J connectivity index is 1.76. The second-order valence-electron chi connectivity index (χ2n) is 6.03. The number of hydrogen-bond donors (Lipinski definition) is 0. The number of benzene rings is 2. The minimum atomic E-state index is -0.639. The molecule has 27 heavy (non-hydrogen) atoms. The molecule has 0 aliphatic rings. The van der Waals surface area contributed by atoms with E-state index in [0.717, 1.165) is 18.4 Å². The summed E-state index contributed by atoms with van der Waals surface area (Å²) >= 11 is 6.03. The van der Waals surface area contributed by atoms with Gasteiger partial charge in [-0.1, -0.05) is 31.0 Å². The predicted molar refractivity (Wildman–Crippen MR) is 104 cm³/mol. The smallest absolute Gasteiger partial charge is 0.344 e. The molecule has 0 N–H and O–H groups in total. The van der Waals surface area contributed by atoms with E-state index in [1.165, 1.54) is 0 Å². The van der Waals surface area contributed by atoms with Crippen molar-refractivity contribution < 1.29 is 23.8 Å². The maximum absolute atomic E-state index is 12.1. The van der Waals surface area contributed by atoms with Gasteiger partial charge in [0.1, 0.15) is 11.5 Å².